The van der Waals surface area contributed by atoms with Crippen molar-refractivity contribution in [1.82, 2.24) is 0 Å². The summed E-state index contributed by atoms with van der Waals surface area (Å²) in [5.41, 5.74) is 0. The van der Waals surface area contributed by atoms with Crippen molar-refractivity contribution in [3.63, 3.8) is 0 Å². The van der Waals surface area contributed by atoms with Gasteiger partial charge in [0.1, 0.15) is 13.2 Å². The molecule has 0 spiro atoms. The van der Waals surface area contributed by atoms with Crippen LogP contribution in [0.5, 0.6) is 0 Å². The topological polar surface area (TPSA) is 78.9 Å². The molecule has 0 heterocycles. The molecule has 0 aromatic carbocycles. The van der Waals surface area contributed by atoms with Gasteiger partial charge in [0.15, 0.2) is 6.10 Å². The Bertz CT molecular complexity index is 1020. The van der Waals surface area contributed by atoms with Crippen LogP contribution in [0.1, 0.15) is 303 Å². The van der Waals surface area contributed by atoms with Gasteiger partial charge in [-0.15, -0.1) is 0 Å². The lowest BCUT2D eigenvalue weighted by molar-refractivity contribution is -0.167. The second kappa shape index (κ2) is 52.5. The molecular weight excluding hydrogens is 781 g/mol. The summed E-state index contributed by atoms with van der Waals surface area (Å²) < 4.78 is 16.8. The fourth-order valence-electron chi connectivity index (χ4n) is 8.18. The number of unbranched alkanes of at least 4 members (excludes halogenated alkanes) is 36. The van der Waals surface area contributed by atoms with Gasteiger partial charge in [0.25, 0.3) is 0 Å². The average molecular weight is 887 g/mol. The van der Waals surface area contributed by atoms with Crippen LogP contribution in [0.4, 0.5) is 0 Å². The lowest BCUT2D eigenvalue weighted by Crippen LogP contribution is -2.30. The van der Waals surface area contributed by atoms with Crippen LogP contribution >= 0.6 is 0 Å². The van der Waals surface area contributed by atoms with Crippen LogP contribution in [0.3, 0.4) is 0 Å². The second-order valence-corrected chi connectivity index (χ2v) is 18.8. The Morgan fingerprint density at radius 2 is 0.540 bits per heavy atom. The molecule has 0 aromatic heterocycles. The maximum atomic E-state index is 12.8. The van der Waals surface area contributed by atoms with Crippen molar-refractivity contribution in [2.24, 2.45) is 0 Å². The molecule has 0 amide bonds. The molecule has 63 heavy (non-hydrogen) atoms. The summed E-state index contributed by atoms with van der Waals surface area (Å²) in [4.78, 5) is 38.0. The number of hydrogen-bond donors (Lipinski definition) is 0. The van der Waals surface area contributed by atoms with Gasteiger partial charge in [0.05, 0.1) is 0 Å². The number of allylic oxidation sites excluding steroid dienone is 4. The quantitative estimate of drug-likeness (QED) is 0.0262. The molecule has 0 radical (unpaired) electrons. The highest BCUT2D eigenvalue weighted by Gasteiger charge is 2.19. The molecule has 0 fully saturated rings. The molecule has 0 saturated carbocycles. The van der Waals surface area contributed by atoms with Gasteiger partial charge in [-0.1, -0.05) is 244 Å². The van der Waals surface area contributed by atoms with E-state index in [-0.39, 0.29) is 31.1 Å². The van der Waals surface area contributed by atoms with Crippen molar-refractivity contribution in [2.45, 2.75) is 309 Å². The SMILES string of the molecule is CCCC/C=C\CCCCCCC(=O)OCC(COC(=O)CCCCCCCCC/C=C\CCCCCCCCCC)OC(=O)CCCCCCCCCCCCCCCCCC. The minimum absolute atomic E-state index is 0.0733. The van der Waals surface area contributed by atoms with E-state index in [0.717, 1.165) is 77.0 Å². The zero-order valence-corrected chi connectivity index (χ0v) is 42.4. The minimum atomic E-state index is -0.772. The molecule has 370 valence electrons. The first-order valence-electron chi connectivity index (χ1n) is 27.8. The second-order valence-electron chi connectivity index (χ2n) is 18.8. The van der Waals surface area contributed by atoms with Gasteiger partial charge in [0, 0.05) is 19.3 Å². The lowest BCUT2D eigenvalue weighted by Gasteiger charge is -2.18. The van der Waals surface area contributed by atoms with E-state index in [4.69, 9.17) is 14.2 Å². The molecule has 0 N–H and O–H groups in total. The summed E-state index contributed by atoms with van der Waals surface area (Å²) in [5.74, 6) is -0.875. The molecule has 1 atom stereocenters. The largest absolute Gasteiger partial charge is 0.462 e. The van der Waals surface area contributed by atoms with Crippen molar-refractivity contribution in [3.8, 4) is 0 Å². The van der Waals surface area contributed by atoms with Crippen molar-refractivity contribution in [2.75, 3.05) is 13.2 Å². The molecule has 6 nitrogen and oxygen atoms in total. The van der Waals surface area contributed by atoms with Gasteiger partial charge < -0.3 is 14.2 Å². The highest BCUT2D eigenvalue weighted by molar-refractivity contribution is 5.71. The van der Waals surface area contributed by atoms with Crippen molar-refractivity contribution < 1.29 is 28.6 Å². The summed E-state index contributed by atoms with van der Waals surface area (Å²) in [6, 6.07) is 0. The van der Waals surface area contributed by atoms with E-state index >= 15 is 0 Å². The first-order chi connectivity index (χ1) is 31.0. The minimum Gasteiger partial charge on any atom is -0.462 e. The van der Waals surface area contributed by atoms with E-state index < -0.39 is 6.10 Å². The zero-order valence-electron chi connectivity index (χ0n) is 42.4. The van der Waals surface area contributed by atoms with Gasteiger partial charge in [-0.2, -0.15) is 0 Å². The lowest BCUT2D eigenvalue weighted by atomic mass is 10.0. The third-order valence-electron chi connectivity index (χ3n) is 12.4. The van der Waals surface area contributed by atoms with Crippen LogP contribution in [0.15, 0.2) is 24.3 Å². The Kier molecular flexibility index (Phi) is 50.8. The van der Waals surface area contributed by atoms with Crippen LogP contribution < -0.4 is 0 Å². The van der Waals surface area contributed by atoms with Gasteiger partial charge in [-0.25, -0.2) is 0 Å². The summed E-state index contributed by atoms with van der Waals surface area (Å²) in [7, 11) is 0. The third kappa shape index (κ3) is 50.7. The first-order valence-corrected chi connectivity index (χ1v) is 27.8. The third-order valence-corrected chi connectivity index (χ3v) is 12.4. The van der Waals surface area contributed by atoms with Gasteiger partial charge >= 0.3 is 17.9 Å². The summed E-state index contributed by atoms with van der Waals surface area (Å²) in [6.07, 6.45) is 60.3. The predicted octanol–water partition coefficient (Wildman–Crippen LogP) is 18.3. The average Bonchev–Trinajstić information content (AvgIpc) is 3.28. The molecule has 0 bridgehead atoms. The van der Waals surface area contributed by atoms with E-state index in [1.54, 1.807) is 0 Å². The van der Waals surface area contributed by atoms with Crippen LogP contribution in [0, 0.1) is 0 Å². The van der Waals surface area contributed by atoms with E-state index in [9.17, 15) is 14.4 Å². The Labute approximate surface area is 392 Å². The number of ether oxygens (including phenoxy) is 3. The molecule has 1 unspecified atom stereocenters. The summed E-state index contributed by atoms with van der Waals surface area (Å²) >= 11 is 0. The van der Waals surface area contributed by atoms with Gasteiger partial charge in [-0.3, -0.25) is 14.4 Å². The number of carbonyl (C=O) groups is 3. The molecule has 0 aliphatic rings. The summed E-state index contributed by atoms with van der Waals surface area (Å²) in [5, 5.41) is 0. The Morgan fingerprint density at radius 1 is 0.302 bits per heavy atom. The van der Waals surface area contributed by atoms with Crippen molar-refractivity contribution in [1.29, 1.82) is 0 Å². The molecule has 0 aliphatic carbocycles. The monoisotopic (exact) mass is 887 g/mol. The van der Waals surface area contributed by atoms with Crippen LogP contribution in [-0.2, 0) is 28.6 Å². The Balaban J connectivity index is 4.28. The molecule has 6 heteroatoms. The molecule has 0 rings (SSSR count). The molecule has 0 aromatic rings. The fourth-order valence-corrected chi connectivity index (χ4v) is 8.18. The maximum Gasteiger partial charge on any atom is 0.306 e. The molecular formula is C57H106O6. The molecule has 0 aliphatic heterocycles. The first kappa shape index (κ1) is 60.9. The van der Waals surface area contributed by atoms with E-state index in [2.05, 4.69) is 45.1 Å². The van der Waals surface area contributed by atoms with Crippen molar-refractivity contribution >= 4 is 17.9 Å². The smallest absolute Gasteiger partial charge is 0.306 e. The number of hydrogen-bond acceptors (Lipinski definition) is 6. The van der Waals surface area contributed by atoms with Gasteiger partial charge in [0.2, 0.25) is 0 Å². The normalized spacial score (nSPS) is 12.1. The summed E-state index contributed by atoms with van der Waals surface area (Å²) in [6.45, 7) is 6.62. The zero-order chi connectivity index (χ0) is 45.8. The Morgan fingerprint density at radius 3 is 0.841 bits per heavy atom. The number of esters is 3. The highest BCUT2D eigenvalue weighted by atomic mass is 16.6. The standard InChI is InChI=1S/C57H106O6/c1-4-7-10-13-16-19-22-24-26-28-29-30-32-33-35-38-41-44-47-50-56(59)62-53-54(52-61-55(58)49-46-43-40-37-21-18-15-12-9-6-3)63-57(60)51-48-45-42-39-36-34-31-27-25-23-20-17-14-11-8-5-2/h15,18,28-29,54H,4-14,16-17,19-27,30-53H2,1-3H3/b18-15-,29-28-. The van der Waals surface area contributed by atoms with Crippen LogP contribution in [0.25, 0.3) is 0 Å². The maximum absolute atomic E-state index is 12.8. The molecule has 0 saturated heterocycles. The predicted molar refractivity (Wildman–Crippen MR) is 270 cm³/mol. The van der Waals surface area contributed by atoms with Crippen LogP contribution in [-0.4, -0.2) is 37.2 Å². The van der Waals surface area contributed by atoms with Crippen LogP contribution in [0.2, 0.25) is 0 Å². The van der Waals surface area contributed by atoms with E-state index in [0.29, 0.717) is 19.3 Å². The van der Waals surface area contributed by atoms with Gasteiger partial charge in [-0.05, 0) is 64.2 Å². The van der Waals surface area contributed by atoms with E-state index in [1.807, 2.05) is 0 Å². The van der Waals surface area contributed by atoms with E-state index in [1.165, 1.54) is 186 Å². The Hall–Kier alpha value is -2.11. The number of rotatable bonds is 51. The number of carbonyl (C=O) groups excluding carboxylic acids is 3. The fraction of sp³-hybridized carbons (Fsp3) is 0.877. The highest BCUT2D eigenvalue weighted by Crippen LogP contribution is 2.16. The van der Waals surface area contributed by atoms with Crippen molar-refractivity contribution in [3.05, 3.63) is 24.3 Å².